The molecule has 7 nitrogen and oxygen atoms in total. The second kappa shape index (κ2) is 8.27. The fourth-order valence-electron chi connectivity index (χ4n) is 4.78. The van der Waals surface area contributed by atoms with Crippen LogP contribution in [0.25, 0.3) is 0 Å². The van der Waals surface area contributed by atoms with Crippen LogP contribution < -0.4 is 5.32 Å². The molecular formula is C23H22ClF2N3O4S. The highest BCUT2D eigenvalue weighted by Gasteiger charge is 2.56. The Morgan fingerprint density at radius 2 is 1.88 bits per heavy atom. The molecule has 0 spiro atoms. The van der Waals surface area contributed by atoms with Crippen LogP contribution in [0.5, 0.6) is 0 Å². The average molecular weight is 510 g/mol. The van der Waals surface area contributed by atoms with Gasteiger partial charge in [0.05, 0.1) is 21.5 Å². The molecule has 0 bridgehead atoms. The monoisotopic (exact) mass is 509 g/mol. The number of amides is 2. The van der Waals surface area contributed by atoms with E-state index in [1.54, 1.807) is 0 Å². The van der Waals surface area contributed by atoms with Gasteiger partial charge in [0, 0.05) is 30.3 Å². The van der Waals surface area contributed by atoms with E-state index in [0.29, 0.717) is 6.42 Å². The van der Waals surface area contributed by atoms with Gasteiger partial charge in [-0.2, -0.15) is 0 Å². The number of rotatable bonds is 6. The normalized spacial score (nSPS) is 24.5. The molecule has 5 rings (SSSR count). The summed E-state index contributed by atoms with van der Waals surface area (Å²) in [6.07, 6.45) is 6.21. The summed E-state index contributed by atoms with van der Waals surface area (Å²) < 4.78 is 52.4. The third-order valence-electron chi connectivity index (χ3n) is 6.80. The molecule has 2 saturated carbocycles. The zero-order valence-electron chi connectivity index (χ0n) is 18.2. The average Bonchev–Trinajstić information content (AvgIpc) is 3.72. The van der Waals surface area contributed by atoms with Crippen LogP contribution in [0.15, 0.2) is 35.5 Å². The van der Waals surface area contributed by atoms with Gasteiger partial charge < -0.3 is 10.2 Å². The number of carbonyl (C=O) groups excluding carboxylic acids is 2. The molecule has 2 aromatic rings. The number of aromatic nitrogens is 1. The maximum Gasteiger partial charge on any atom is 0.256 e. The summed E-state index contributed by atoms with van der Waals surface area (Å²) in [7, 11) is -3.56. The lowest BCUT2D eigenvalue weighted by atomic mass is 10.00. The van der Waals surface area contributed by atoms with Crippen molar-refractivity contribution in [2.75, 3.05) is 6.26 Å². The third-order valence-corrected chi connectivity index (χ3v) is 8.16. The van der Waals surface area contributed by atoms with Crippen molar-refractivity contribution in [1.29, 1.82) is 0 Å². The van der Waals surface area contributed by atoms with Crippen LogP contribution in [0, 0.1) is 23.5 Å². The highest BCUT2D eigenvalue weighted by molar-refractivity contribution is 7.90. The Kier molecular flexibility index (Phi) is 5.63. The summed E-state index contributed by atoms with van der Waals surface area (Å²) in [5, 5.41) is 2.51. The molecule has 1 N–H and O–H groups in total. The van der Waals surface area contributed by atoms with Crippen molar-refractivity contribution in [1.82, 2.24) is 15.2 Å². The number of carbonyl (C=O) groups is 2. The van der Waals surface area contributed by atoms with Crippen LogP contribution in [0.4, 0.5) is 8.78 Å². The summed E-state index contributed by atoms with van der Waals surface area (Å²) >= 11 is 5.68. The molecule has 1 aliphatic heterocycles. The molecule has 3 fully saturated rings. The van der Waals surface area contributed by atoms with Gasteiger partial charge in [0.25, 0.3) is 5.91 Å². The van der Waals surface area contributed by atoms with Gasteiger partial charge in [-0.25, -0.2) is 17.2 Å². The molecule has 4 atom stereocenters. The number of benzene rings is 1. The molecule has 11 heteroatoms. The fourth-order valence-corrected chi connectivity index (χ4v) is 5.52. The maximum absolute atomic E-state index is 14.6. The second-order valence-electron chi connectivity index (χ2n) is 9.32. The van der Waals surface area contributed by atoms with Gasteiger partial charge in [-0.15, -0.1) is 0 Å². The number of fused-ring (bicyclic) bond motifs is 1. The van der Waals surface area contributed by atoms with Gasteiger partial charge in [0.2, 0.25) is 5.91 Å². The Labute approximate surface area is 200 Å². The lowest BCUT2D eigenvalue weighted by molar-refractivity contribution is -0.126. The number of piperidine rings is 1. The van der Waals surface area contributed by atoms with E-state index in [1.807, 2.05) is 0 Å². The first-order chi connectivity index (χ1) is 16.0. The van der Waals surface area contributed by atoms with Crippen molar-refractivity contribution in [2.45, 2.75) is 48.7 Å². The molecular weight excluding hydrogens is 488 g/mol. The smallest absolute Gasteiger partial charge is 0.256 e. The highest BCUT2D eigenvalue weighted by atomic mass is 35.5. The molecule has 1 aromatic heterocycles. The first-order valence-corrected chi connectivity index (χ1v) is 13.2. The molecule has 1 aromatic carbocycles. The quantitative estimate of drug-likeness (QED) is 0.603. The predicted molar refractivity (Wildman–Crippen MR) is 119 cm³/mol. The summed E-state index contributed by atoms with van der Waals surface area (Å²) in [5.74, 6) is -2.25. The van der Waals surface area contributed by atoms with Crippen molar-refractivity contribution < 1.29 is 26.8 Å². The Bertz CT molecular complexity index is 1300. The van der Waals surface area contributed by atoms with Crippen LogP contribution in [0.2, 0.25) is 5.02 Å². The van der Waals surface area contributed by atoms with Crippen LogP contribution in [-0.2, 0) is 14.6 Å². The molecule has 2 aliphatic carbocycles. The summed E-state index contributed by atoms with van der Waals surface area (Å²) in [4.78, 5) is 31.9. The molecule has 1 saturated heterocycles. The van der Waals surface area contributed by atoms with Crippen molar-refractivity contribution in [3.05, 3.63) is 58.4 Å². The van der Waals surface area contributed by atoms with E-state index < -0.39 is 45.4 Å². The van der Waals surface area contributed by atoms with E-state index in [0.717, 1.165) is 37.7 Å². The minimum absolute atomic E-state index is 0.0313. The van der Waals surface area contributed by atoms with Crippen molar-refractivity contribution in [3.63, 3.8) is 0 Å². The first kappa shape index (κ1) is 23.2. The topological polar surface area (TPSA) is 96.4 Å². The second-order valence-corrected chi connectivity index (χ2v) is 11.7. The molecule has 180 valence electrons. The van der Waals surface area contributed by atoms with Crippen LogP contribution >= 0.6 is 11.6 Å². The van der Waals surface area contributed by atoms with Crippen LogP contribution in [0.1, 0.15) is 47.6 Å². The van der Waals surface area contributed by atoms with Gasteiger partial charge >= 0.3 is 0 Å². The van der Waals surface area contributed by atoms with E-state index in [4.69, 9.17) is 11.6 Å². The van der Waals surface area contributed by atoms with E-state index in [-0.39, 0.29) is 38.9 Å². The predicted octanol–water partition coefficient (Wildman–Crippen LogP) is 3.29. The molecule has 2 amide bonds. The molecule has 0 unspecified atom stereocenters. The van der Waals surface area contributed by atoms with E-state index in [1.165, 1.54) is 23.4 Å². The van der Waals surface area contributed by atoms with Crippen molar-refractivity contribution in [2.24, 2.45) is 11.8 Å². The Morgan fingerprint density at radius 1 is 1.15 bits per heavy atom. The Hall–Kier alpha value is -2.59. The van der Waals surface area contributed by atoms with Crippen LogP contribution in [0.3, 0.4) is 0 Å². The number of hydrogen-bond donors (Lipinski definition) is 1. The third kappa shape index (κ3) is 4.29. The highest BCUT2D eigenvalue weighted by Crippen LogP contribution is 2.49. The summed E-state index contributed by atoms with van der Waals surface area (Å²) in [6, 6.07) is 1.53. The minimum atomic E-state index is -3.56. The maximum atomic E-state index is 14.6. The lowest BCUT2D eigenvalue weighted by Gasteiger charge is -2.29. The standard InChI is InChI=1S/C23H22ClF2N3O4S/c1-34(32,33)14-4-13(9-27-10-14)23(31)29-19-5-12(19)6-20(29)22(30)28-21(11-2-3-11)15-7-18(26)16(24)8-17(15)25/h4,7-12,19-21H,2-3,5-6H2,1H3,(H,28,30)/t12-,19-,20-,21-/m1/s1. The number of pyridine rings is 1. The number of hydrogen-bond acceptors (Lipinski definition) is 5. The Balaban J connectivity index is 1.40. The number of halogens is 3. The van der Waals surface area contributed by atoms with Crippen molar-refractivity contribution in [3.8, 4) is 0 Å². The molecule has 34 heavy (non-hydrogen) atoms. The van der Waals surface area contributed by atoms with Gasteiger partial charge in [0.15, 0.2) is 9.84 Å². The first-order valence-electron chi connectivity index (χ1n) is 11.0. The van der Waals surface area contributed by atoms with Crippen LogP contribution in [-0.4, -0.2) is 48.5 Å². The molecule has 0 radical (unpaired) electrons. The minimum Gasteiger partial charge on any atom is -0.347 e. The van der Waals surface area contributed by atoms with Gasteiger partial charge in [-0.05, 0) is 55.7 Å². The lowest BCUT2D eigenvalue weighted by Crippen LogP contribution is -2.49. The van der Waals surface area contributed by atoms with E-state index in [9.17, 15) is 26.8 Å². The largest absolute Gasteiger partial charge is 0.347 e. The zero-order chi connectivity index (χ0) is 24.4. The molecule has 3 aliphatic rings. The number of nitrogens with zero attached hydrogens (tertiary/aromatic N) is 2. The Morgan fingerprint density at radius 3 is 2.56 bits per heavy atom. The van der Waals surface area contributed by atoms with E-state index >= 15 is 0 Å². The summed E-state index contributed by atoms with van der Waals surface area (Å²) in [6.45, 7) is 0. The SMILES string of the molecule is CS(=O)(=O)c1cncc(C(=O)N2[C@@H](C(=O)N[C@@H](c3cc(F)c(Cl)cc3F)C3CC3)C[C@H]3C[C@H]32)c1. The van der Waals surface area contributed by atoms with Gasteiger partial charge in [0.1, 0.15) is 17.7 Å². The molecule has 2 heterocycles. The van der Waals surface area contributed by atoms with Gasteiger partial charge in [-0.3, -0.25) is 14.6 Å². The number of nitrogens with one attached hydrogen (secondary N) is 1. The number of likely N-dealkylation sites (tertiary alicyclic amines) is 1. The van der Waals surface area contributed by atoms with Gasteiger partial charge in [-0.1, -0.05) is 11.6 Å². The zero-order valence-corrected chi connectivity index (χ0v) is 19.7. The van der Waals surface area contributed by atoms with Crippen molar-refractivity contribution >= 4 is 33.3 Å². The van der Waals surface area contributed by atoms with E-state index in [2.05, 4.69) is 10.3 Å². The fraction of sp³-hybridized carbons (Fsp3) is 0.435. The number of sulfone groups is 1. The summed E-state index contributed by atoms with van der Waals surface area (Å²) in [5.41, 5.74) is 0.113.